The first-order chi connectivity index (χ1) is 15.9. The number of benzene rings is 2. The van der Waals surface area contributed by atoms with E-state index in [1.165, 1.54) is 38.5 Å². The van der Waals surface area contributed by atoms with Crippen LogP contribution in [-0.4, -0.2) is 81.0 Å². The average molecular weight is 484 g/mol. The fourth-order valence-electron chi connectivity index (χ4n) is 3.75. The molecule has 0 radical (unpaired) electrons. The molecule has 1 unspecified atom stereocenters. The van der Waals surface area contributed by atoms with E-state index in [-0.39, 0.29) is 22.6 Å². The number of hydrogen-bond donors (Lipinski definition) is 6. The standard InChI is InChI=1S/C24H30F2O8/c1-4-23(31,11-14-9-16(33-2)5-7-18(14)25)22(30)24(32,21(29)20(28)13-27)12-15-10-17(34-3)6-8-19(15)26/h4-10,20-22,27-32H,1,11-13H2,2-3H3/t20-,21+,22+,23?,24+/m0/s1. The van der Waals surface area contributed by atoms with Crippen molar-refractivity contribution in [2.75, 3.05) is 20.8 Å². The molecule has 2 rings (SSSR count). The van der Waals surface area contributed by atoms with Crippen molar-refractivity contribution in [3.8, 4) is 11.5 Å². The van der Waals surface area contributed by atoms with Crippen molar-refractivity contribution in [2.45, 2.75) is 42.4 Å². The predicted molar refractivity (Wildman–Crippen MR) is 119 cm³/mol. The molecule has 2 aromatic carbocycles. The van der Waals surface area contributed by atoms with Gasteiger partial charge in [0.15, 0.2) is 0 Å². The van der Waals surface area contributed by atoms with E-state index in [1.807, 2.05) is 0 Å². The quantitative estimate of drug-likeness (QED) is 0.239. The van der Waals surface area contributed by atoms with Crippen LogP contribution in [0.4, 0.5) is 8.78 Å². The Kier molecular flexibility index (Phi) is 9.12. The maximum Gasteiger partial charge on any atom is 0.126 e. The first kappa shape index (κ1) is 27.6. The summed E-state index contributed by atoms with van der Waals surface area (Å²) < 4.78 is 39.0. The van der Waals surface area contributed by atoms with Gasteiger partial charge in [0.05, 0.1) is 20.8 Å². The van der Waals surface area contributed by atoms with E-state index in [0.717, 1.165) is 18.2 Å². The fourth-order valence-corrected chi connectivity index (χ4v) is 3.75. The highest BCUT2D eigenvalue weighted by Gasteiger charge is 2.53. The Balaban J connectivity index is 2.57. The van der Waals surface area contributed by atoms with E-state index in [1.54, 1.807) is 0 Å². The largest absolute Gasteiger partial charge is 0.497 e. The lowest BCUT2D eigenvalue weighted by Gasteiger charge is -2.45. The van der Waals surface area contributed by atoms with Crippen molar-refractivity contribution in [3.63, 3.8) is 0 Å². The Bertz CT molecular complexity index is 987. The summed E-state index contributed by atoms with van der Waals surface area (Å²) in [6, 6.07) is 7.20. The van der Waals surface area contributed by atoms with Crippen molar-refractivity contribution >= 4 is 0 Å². The van der Waals surface area contributed by atoms with Crippen LogP contribution < -0.4 is 9.47 Å². The summed E-state index contributed by atoms with van der Waals surface area (Å²) in [5.41, 5.74) is -5.67. The number of methoxy groups -OCH3 is 2. The van der Waals surface area contributed by atoms with Crippen molar-refractivity contribution in [3.05, 3.63) is 71.8 Å². The second kappa shape index (κ2) is 11.2. The van der Waals surface area contributed by atoms with E-state index in [2.05, 4.69) is 6.58 Å². The Morgan fingerprint density at radius 3 is 1.79 bits per heavy atom. The lowest BCUT2D eigenvalue weighted by Crippen LogP contribution is -2.66. The van der Waals surface area contributed by atoms with Crippen LogP contribution in [0.15, 0.2) is 49.1 Å². The molecule has 6 N–H and O–H groups in total. The second-order valence-electron chi connectivity index (χ2n) is 8.05. The van der Waals surface area contributed by atoms with Crippen molar-refractivity contribution in [1.82, 2.24) is 0 Å². The minimum absolute atomic E-state index is 0.118. The van der Waals surface area contributed by atoms with Crippen LogP contribution in [0.3, 0.4) is 0 Å². The molecule has 0 saturated heterocycles. The number of halogens is 2. The molecule has 5 atom stereocenters. The van der Waals surface area contributed by atoms with Gasteiger partial charge in [-0.1, -0.05) is 6.08 Å². The minimum atomic E-state index is -2.84. The summed E-state index contributed by atoms with van der Waals surface area (Å²) in [6.45, 7) is 2.43. The van der Waals surface area contributed by atoms with Crippen LogP contribution in [-0.2, 0) is 12.8 Å². The van der Waals surface area contributed by atoms with Crippen LogP contribution in [0.1, 0.15) is 11.1 Å². The summed E-state index contributed by atoms with van der Waals surface area (Å²) in [5.74, 6) is -1.14. The summed E-state index contributed by atoms with van der Waals surface area (Å²) in [6.07, 6.45) is -7.21. The zero-order valence-electron chi connectivity index (χ0n) is 18.9. The van der Waals surface area contributed by atoms with Crippen LogP contribution >= 0.6 is 0 Å². The topological polar surface area (TPSA) is 140 Å². The normalized spacial score (nSPS) is 17.7. The highest BCUT2D eigenvalue weighted by atomic mass is 19.1. The van der Waals surface area contributed by atoms with Gasteiger partial charge in [-0.25, -0.2) is 8.78 Å². The Morgan fingerprint density at radius 1 is 0.912 bits per heavy atom. The zero-order chi connectivity index (χ0) is 25.7. The minimum Gasteiger partial charge on any atom is -0.497 e. The van der Waals surface area contributed by atoms with Gasteiger partial charge in [0.1, 0.15) is 52.6 Å². The molecule has 0 aromatic heterocycles. The lowest BCUT2D eigenvalue weighted by atomic mass is 9.73. The molecule has 0 heterocycles. The maximum atomic E-state index is 14.5. The molecule has 188 valence electrons. The van der Waals surface area contributed by atoms with Gasteiger partial charge in [0.2, 0.25) is 0 Å². The zero-order valence-corrected chi connectivity index (χ0v) is 18.9. The number of aliphatic hydroxyl groups excluding tert-OH is 4. The number of ether oxygens (including phenoxy) is 2. The molecule has 0 saturated carbocycles. The molecule has 2 aromatic rings. The van der Waals surface area contributed by atoms with E-state index in [4.69, 9.17) is 9.47 Å². The van der Waals surface area contributed by atoms with Crippen LogP contribution in [0, 0.1) is 11.6 Å². The van der Waals surface area contributed by atoms with Crippen molar-refractivity contribution < 1.29 is 48.9 Å². The molecule has 0 aliphatic rings. The van der Waals surface area contributed by atoms with Crippen LogP contribution in [0.25, 0.3) is 0 Å². The van der Waals surface area contributed by atoms with Gasteiger partial charge in [-0.2, -0.15) is 0 Å². The predicted octanol–water partition coefficient (Wildman–Crippen LogP) is 0.490. The molecular weight excluding hydrogens is 454 g/mol. The maximum absolute atomic E-state index is 14.5. The lowest BCUT2D eigenvalue weighted by molar-refractivity contribution is -0.218. The van der Waals surface area contributed by atoms with Gasteiger partial charge in [-0.15, -0.1) is 6.58 Å². The molecule has 34 heavy (non-hydrogen) atoms. The first-order valence-electron chi connectivity index (χ1n) is 10.3. The van der Waals surface area contributed by atoms with Crippen molar-refractivity contribution in [1.29, 1.82) is 0 Å². The summed E-state index contributed by atoms with van der Waals surface area (Å²) in [7, 11) is 2.67. The van der Waals surface area contributed by atoms with Crippen molar-refractivity contribution in [2.24, 2.45) is 0 Å². The average Bonchev–Trinajstić information content (AvgIpc) is 2.84. The molecule has 0 aliphatic heterocycles. The first-order valence-corrected chi connectivity index (χ1v) is 10.3. The third-order valence-electron chi connectivity index (χ3n) is 5.82. The molecule has 8 nitrogen and oxygen atoms in total. The second-order valence-corrected chi connectivity index (χ2v) is 8.05. The highest BCUT2D eigenvalue weighted by Crippen LogP contribution is 2.35. The Hall–Kier alpha value is -2.60. The summed E-state index contributed by atoms with van der Waals surface area (Å²) in [4.78, 5) is 0. The number of hydrogen-bond acceptors (Lipinski definition) is 8. The van der Waals surface area contributed by atoms with Gasteiger partial charge < -0.3 is 40.1 Å². The third kappa shape index (κ3) is 5.72. The molecular formula is C24H30F2O8. The van der Waals surface area contributed by atoms with Gasteiger partial charge in [-0.3, -0.25) is 0 Å². The third-order valence-corrected chi connectivity index (χ3v) is 5.82. The molecule has 0 amide bonds. The van der Waals surface area contributed by atoms with Gasteiger partial charge >= 0.3 is 0 Å². The van der Waals surface area contributed by atoms with Gasteiger partial charge in [0, 0.05) is 12.8 Å². The molecule has 0 fully saturated rings. The van der Waals surface area contributed by atoms with E-state index >= 15 is 0 Å². The van der Waals surface area contributed by atoms with E-state index < -0.39 is 60.6 Å². The molecule has 0 spiro atoms. The Labute approximate surface area is 196 Å². The summed E-state index contributed by atoms with van der Waals surface area (Å²) in [5, 5.41) is 63.7. The Morgan fingerprint density at radius 2 is 1.38 bits per heavy atom. The fraction of sp³-hybridized carbons (Fsp3) is 0.417. The van der Waals surface area contributed by atoms with E-state index in [9.17, 15) is 39.4 Å². The molecule has 10 heteroatoms. The smallest absolute Gasteiger partial charge is 0.126 e. The van der Waals surface area contributed by atoms with E-state index in [0.29, 0.717) is 0 Å². The summed E-state index contributed by atoms with van der Waals surface area (Å²) >= 11 is 0. The van der Waals surface area contributed by atoms with Crippen LogP contribution in [0.5, 0.6) is 11.5 Å². The number of aliphatic hydroxyl groups is 6. The highest BCUT2D eigenvalue weighted by molar-refractivity contribution is 5.34. The number of rotatable bonds is 12. The SMILES string of the molecule is C=CC(O)(Cc1cc(OC)ccc1F)[C@@H](O)[C@@](O)(Cc1cc(OC)ccc1F)[C@H](O)[C@@H](O)CO. The van der Waals surface area contributed by atoms with Gasteiger partial charge in [0.25, 0.3) is 0 Å². The molecule has 0 aliphatic carbocycles. The molecule has 0 bridgehead atoms. The monoisotopic (exact) mass is 484 g/mol. The van der Waals surface area contributed by atoms with Crippen LogP contribution in [0.2, 0.25) is 0 Å². The van der Waals surface area contributed by atoms with Gasteiger partial charge in [-0.05, 0) is 47.5 Å².